The van der Waals surface area contributed by atoms with Crippen molar-refractivity contribution in [2.45, 2.75) is 26.2 Å². The molecule has 3 heterocycles. The van der Waals surface area contributed by atoms with Crippen LogP contribution in [0, 0.1) is 6.92 Å². The fourth-order valence-electron chi connectivity index (χ4n) is 4.12. The maximum absolute atomic E-state index is 14.5. The molecule has 1 aromatic heterocycles. The number of aryl methyl sites for hydroxylation is 1. The smallest absolute Gasteiger partial charge is 0.256 e. The molecule has 0 spiro atoms. The summed E-state index contributed by atoms with van der Waals surface area (Å²) >= 11 is 0. The van der Waals surface area contributed by atoms with Crippen LogP contribution >= 0.6 is 0 Å². The zero-order valence-electron chi connectivity index (χ0n) is 17.6. The molecule has 0 aliphatic carbocycles. The van der Waals surface area contributed by atoms with Crippen LogP contribution in [-0.2, 0) is 17.6 Å². The summed E-state index contributed by atoms with van der Waals surface area (Å²) in [6.07, 6.45) is 6.60. The van der Waals surface area contributed by atoms with Gasteiger partial charge in [-0.15, -0.1) is 0 Å². The van der Waals surface area contributed by atoms with E-state index in [1.807, 2.05) is 6.92 Å². The molecule has 2 aliphatic rings. The summed E-state index contributed by atoms with van der Waals surface area (Å²) in [5.74, 6) is -2.39. The number of amides is 2. The zero-order valence-corrected chi connectivity index (χ0v) is 17.6. The van der Waals surface area contributed by atoms with Crippen LogP contribution in [0.1, 0.15) is 44.9 Å². The molecule has 0 unspecified atom stereocenters. The minimum Gasteiger partial charge on any atom is -0.358 e. The number of hydrogen-bond acceptors (Lipinski definition) is 2. The van der Waals surface area contributed by atoms with Gasteiger partial charge in [-0.3, -0.25) is 9.59 Å². The van der Waals surface area contributed by atoms with E-state index in [1.54, 1.807) is 24.3 Å². The molecular weight excluding hydrogens is 412 g/mol. The van der Waals surface area contributed by atoms with E-state index in [9.17, 15) is 18.4 Å². The summed E-state index contributed by atoms with van der Waals surface area (Å²) in [7, 11) is 0. The summed E-state index contributed by atoms with van der Waals surface area (Å²) in [5.41, 5.74) is 4.72. The van der Waals surface area contributed by atoms with Gasteiger partial charge in [0.2, 0.25) is 0 Å². The average Bonchev–Trinajstić information content (AvgIpc) is 3.18. The summed E-state index contributed by atoms with van der Waals surface area (Å²) in [5, 5.41) is 5.66. The van der Waals surface area contributed by atoms with E-state index < -0.39 is 11.7 Å². The number of benzene rings is 1. The van der Waals surface area contributed by atoms with E-state index in [-0.39, 0.29) is 18.2 Å². The number of rotatable bonds is 5. The molecule has 4 rings (SSSR count). The lowest BCUT2D eigenvalue weighted by molar-refractivity contribution is -0.110. The van der Waals surface area contributed by atoms with Gasteiger partial charge < -0.3 is 15.6 Å². The van der Waals surface area contributed by atoms with Crippen molar-refractivity contribution in [1.29, 1.82) is 0 Å². The van der Waals surface area contributed by atoms with Crippen LogP contribution in [0.2, 0.25) is 0 Å². The summed E-state index contributed by atoms with van der Waals surface area (Å²) in [4.78, 5) is 28.4. The number of allylic oxidation sites excluding steroid dienone is 5. The lowest BCUT2D eigenvalue weighted by Gasteiger charge is -2.08. The highest BCUT2D eigenvalue weighted by atomic mass is 19.2. The monoisotopic (exact) mass is 435 g/mol. The fraction of sp³-hybridized carbons (Fsp3) is 0.200. The minimum atomic E-state index is -0.986. The second kappa shape index (κ2) is 8.78. The van der Waals surface area contributed by atoms with Gasteiger partial charge in [-0.1, -0.05) is 30.9 Å². The number of H-pyrrole nitrogens is 1. The fourth-order valence-corrected chi connectivity index (χ4v) is 4.12. The Kier molecular flexibility index (Phi) is 5.90. The number of anilines is 1. The van der Waals surface area contributed by atoms with Crippen LogP contribution in [0.15, 0.2) is 54.7 Å². The first-order chi connectivity index (χ1) is 15.4. The highest BCUT2D eigenvalue weighted by Gasteiger charge is 2.29. The van der Waals surface area contributed by atoms with Crippen molar-refractivity contribution in [3.8, 4) is 0 Å². The quantitative estimate of drug-likeness (QED) is 0.460. The number of nitrogens with one attached hydrogen (secondary N) is 3. The minimum absolute atomic E-state index is 0.136. The number of carbonyl (C=O) groups is 2. The number of hydrogen-bond donors (Lipinski definition) is 3. The maximum Gasteiger partial charge on any atom is 0.256 e. The molecular formula is C25H23F2N3O2. The lowest BCUT2D eigenvalue weighted by Crippen LogP contribution is -2.22. The Balaban J connectivity index is 1.77. The Bertz CT molecular complexity index is 1220. The van der Waals surface area contributed by atoms with E-state index in [2.05, 4.69) is 22.2 Å². The van der Waals surface area contributed by atoms with Gasteiger partial charge in [0, 0.05) is 35.6 Å². The first kappa shape index (κ1) is 21.5. The number of halogens is 2. The standard InChI is InChI=1S/C25H23F2N3O2/c1-3-4-8-17(26)18(27)12-15-7-5-9-20-23(15)16(24(31)30-20)13-21-14(2)22-19(29-21)10-6-11-28-25(22)32/h3-5,7-9,13,29H,1,6,10-12H2,2H3,(H,28,32)(H,30,31)/b8-4-,16-13-,18-17-. The number of carbonyl (C=O) groups excluding carboxylic acids is 2. The molecule has 0 saturated heterocycles. The number of aromatic amines is 1. The van der Waals surface area contributed by atoms with E-state index >= 15 is 0 Å². The Morgan fingerprint density at radius 3 is 2.78 bits per heavy atom. The van der Waals surface area contributed by atoms with Crippen LogP contribution in [0.3, 0.4) is 0 Å². The highest BCUT2D eigenvalue weighted by molar-refractivity contribution is 6.35. The van der Waals surface area contributed by atoms with Crippen LogP contribution in [-0.4, -0.2) is 23.3 Å². The number of fused-ring (bicyclic) bond motifs is 2. The third-order valence-electron chi connectivity index (χ3n) is 5.67. The Morgan fingerprint density at radius 1 is 1.19 bits per heavy atom. The van der Waals surface area contributed by atoms with Gasteiger partial charge >= 0.3 is 0 Å². The van der Waals surface area contributed by atoms with Crippen molar-refractivity contribution >= 4 is 29.2 Å². The third kappa shape index (κ3) is 3.93. The third-order valence-corrected chi connectivity index (χ3v) is 5.67. The van der Waals surface area contributed by atoms with Gasteiger partial charge in [0.1, 0.15) is 5.83 Å². The van der Waals surface area contributed by atoms with Crippen molar-refractivity contribution in [2.75, 3.05) is 11.9 Å². The number of aromatic nitrogens is 1. The van der Waals surface area contributed by atoms with Crippen molar-refractivity contribution < 1.29 is 18.4 Å². The van der Waals surface area contributed by atoms with E-state index in [1.165, 1.54) is 12.2 Å². The predicted molar refractivity (Wildman–Crippen MR) is 121 cm³/mol. The Labute approximate surface area is 184 Å². The van der Waals surface area contributed by atoms with Crippen molar-refractivity contribution in [3.05, 3.63) is 88.3 Å². The van der Waals surface area contributed by atoms with Gasteiger partial charge in [0.25, 0.3) is 11.8 Å². The van der Waals surface area contributed by atoms with Crippen LogP contribution < -0.4 is 10.6 Å². The Hall–Kier alpha value is -3.74. The van der Waals surface area contributed by atoms with Gasteiger partial charge in [-0.25, -0.2) is 8.78 Å². The summed E-state index contributed by atoms with van der Waals surface area (Å²) in [6, 6.07) is 5.08. The summed E-state index contributed by atoms with van der Waals surface area (Å²) < 4.78 is 28.5. The van der Waals surface area contributed by atoms with E-state index in [0.717, 1.165) is 30.2 Å². The molecule has 0 bridgehead atoms. The SMILES string of the molecule is C=C/C=C\C(F)=C(\F)Cc1cccc2c1/C(=C/c1[nH]c3c(c1C)C(=O)NCCC3)C(=O)N2. The topological polar surface area (TPSA) is 74.0 Å². The molecule has 0 saturated carbocycles. The molecule has 5 nitrogen and oxygen atoms in total. The van der Waals surface area contributed by atoms with Crippen LogP contribution in [0.5, 0.6) is 0 Å². The van der Waals surface area contributed by atoms with Gasteiger partial charge in [-0.2, -0.15) is 0 Å². The molecule has 0 fully saturated rings. The molecule has 164 valence electrons. The molecule has 7 heteroatoms. The van der Waals surface area contributed by atoms with Crippen LogP contribution in [0.4, 0.5) is 14.5 Å². The maximum atomic E-state index is 14.5. The molecule has 32 heavy (non-hydrogen) atoms. The second-order valence-electron chi connectivity index (χ2n) is 7.75. The Morgan fingerprint density at radius 2 is 2.00 bits per heavy atom. The molecule has 1 aromatic carbocycles. The molecule has 2 aromatic rings. The first-order valence-corrected chi connectivity index (χ1v) is 10.4. The van der Waals surface area contributed by atoms with Gasteiger partial charge in [0.15, 0.2) is 5.83 Å². The molecule has 3 N–H and O–H groups in total. The first-order valence-electron chi connectivity index (χ1n) is 10.4. The van der Waals surface area contributed by atoms with Crippen molar-refractivity contribution in [2.24, 2.45) is 0 Å². The molecule has 0 atom stereocenters. The average molecular weight is 435 g/mol. The normalized spacial score (nSPS) is 17.5. The molecule has 2 amide bonds. The zero-order chi connectivity index (χ0) is 22.8. The lowest BCUT2D eigenvalue weighted by atomic mass is 9.96. The van der Waals surface area contributed by atoms with Crippen molar-refractivity contribution in [1.82, 2.24) is 10.3 Å². The molecule has 0 radical (unpaired) electrons. The van der Waals surface area contributed by atoms with Crippen LogP contribution in [0.25, 0.3) is 11.6 Å². The predicted octanol–water partition coefficient (Wildman–Crippen LogP) is 4.93. The van der Waals surface area contributed by atoms with Gasteiger partial charge in [-0.05, 0) is 49.1 Å². The van der Waals surface area contributed by atoms with Gasteiger partial charge in [0.05, 0.1) is 11.1 Å². The molecule has 2 aliphatic heterocycles. The van der Waals surface area contributed by atoms with E-state index in [4.69, 9.17) is 0 Å². The second-order valence-corrected chi connectivity index (χ2v) is 7.75. The van der Waals surface area contributed by atoms with E-state index in [0.29, 0.717) is 40.2 Å². The largest absolute Gasteiger partial charge is 0.358 e. The summed E-state index contributed by atoms with van der Waals surface area (Å²) in [6.45, 7) is 5.89. The van der Waals surface area contributed by atoms with Crippen molar-refractivity contribution in [3.63, 3.8) is 0 Å². The highest BCUT2D eigenvalue weighted by Crippen LogP contribution is 2.38.